The van der Waals surface area contributed by atoms with E-state index in [1.807, 2.05) is 41.9 Å². The van der Waals surface area contributed by atoms with Gasteiger partial charge in [0.25, 0.3) is 0 Å². The quantitative estimate of drug-likeness (QED) is 0.565. The number of amides is 1. The van der Waals surface area contributed by atoms with Gasteiger partial charge in [-0.3, -0.25) is 4.79 Å². The number of unbranched alkanes of at least 4 members (excludes halogenated alkanes) is 2. The molecule has 1 aromatic carbocycles. The molecule has 2 rings (SSSR count). The first-order valence-corrected chi connectivity index (χ1v) is 9.05. The largest absolute Gasteiger partial charge is 0.356 e. The highest BCUT2D eigenvalue weighted by Gasteiger charge is 2.11. The fourth-order valence-corrected chi connectivity index (χ4v) is 3.05. The average Bonchev–Trinajstić information content (AvgIpc) is 2.93. The van der Waals surface area contributed by atoms with Crippen molar-refractivity contribution >= 4 is 17.7 Å². The van der Waals surface area contributed by atoms with Crippen LogP contribution in [0.15, 0.2) is 35.5 Å². The van der Waals surface area contributed by atoms with Crippen LogP contribution in [0.4, 0.5) is 0 Å². The molecular weight excluding hydrogens is 308 g/mol. The second-order valence-electron chi connectivity index (χ2n) is 5.39. The third-order valence-electron chi connectivity index (χ3n) is 3.53. The molecule has 0 fully saturated rings. The monoisotopic (exact) mass is 332 g/mol. The minimum absolute atomic E-state index is 0.110. The van der Waals surface area contributed by atoms with E-state index in [-0.39, 0.29) is 5.91 Å². The molecule has 1 N–H and O–H groups in total. The molecule has 0 aliphatic heterocycles. The number of benzene rings is 1. The van der Waals surface area contributed by atoms with Gasteiger partial charge in [-0.05, 0) is 6.42 Å². The fourth-order valence-electron chi connectivity index (χ4n) is 2.21. The Bertz CT molecular complexity index is 612. The third kappa shape index (κ3) is 5.39. The number of rotatable bonds is 9. The number of hydrogen-bond donors (Lipinski definition) is 1. The molecule has 6 heteroatoms. The van der Waals surface area contributed by atoms with Crippen molar-refractivity contribution in [2.45, 2.75) is 37.8 Å². The van der Waals surface area contributed by atoms with Crippen molar-refractivity contribution < 1.29 is 4.79 Å². The van der Waals surface area contributed by atoms with Crippen molar-refractivity contribution in [2.75, 3.05) is 12.3 Å². The van der Waals surface area contributed by atoms with E-state index < -0.39 is 0 Å². The summed E-state index contributed by atoms with van der Waals surface area (Å²) in [6.07, 6.45) is 3.89. The first-order chi connectivity index (χ1) is 11.2. The van der Waals surface area contributed by atoms with Crippen LogP contribution in [0.2, 0.25) is 0 Å². The molecule has 2 aromatic rings. The van der Waals surface area contributed by atoms with E-state index in [1.54, 1.807) is 11.8 Å². The number of carbonyl (C=O) groups excluding carboxylic acids is 1. The highest BCUT2D eigenvalue weighted by molar-refractivity contribution is 7.99. The summed E-state index contributed by atoms with van der Waals surface area (Å²) in [5.41, 5.74) is 1.04. The van der Waals surface area contributed by atoms with E-state index in [0.717, 1.165) is 35.9 Å². The van der Waals surface area contributed by atoms with E-state index in [9.17, 15) is 4.79 Å². The standard InChI is InChI=1S/C17H24N4OS/c1-3-4-8-12-18-15(22)11-13-23-17-20-19-16(21(17)2)14-9-6-5-7-10-14/h5-7,9-10H,3-4,8,11-13H2,1-2H3,(H,18,22). The van der Waals surface area contributed by atoms with Crippen LogP contribution in [-0.4, -0.2) is 33.0 Å². The van der Waals surface area contributed by atoms with E-state index in [2.05, 4.69) is 22.4 Å². The SMILES string of the molecule is CCCCCNC(=O)CCSc1nnc(-c2ccccc2)n1C. The molecule has 0 aliphatic carbocycles. The fraction of sp³-hybridized carbons (Fsp3) is 0.471. The zero-order valence-corrected chi connectivity index (χ0v) is 14.6. The Morgan fingerprint density at radius 1 is 1.22 bits per heavy atom. The molecule has 0 bridgehead atoms. The van der Waals surface area contributed by atoms with E-state index >= 15 is 0 Å². The Kier molecular flexibility index (Phi) is 7.13. The predicted octanol–water partition coefficient (Wildman–Crippen LogP) is 3.27. The van der Waals surface area contributed by atoms with Crippen LogP contribution >= 0.6 is 11.8 Å². The van der Waals surface area contributed by atoms with E-state index in [4.69, 9.17) is 0 Å². The summed E-state index contributed by atoms with van der Waals surface area (Å²) in [7, 11) is 1.95. The van der Waals surface area contributed by atoms with E-state index in [0.29, 0.717) is 12.2 Å². The summed E-state index contributed by atoms with van der Waals surface area (Å²) >= 11 is 1.56. The zero-order chi connectivity index (χ0) is 16.5. The lowest BCUT2D eigenvalue weighted by atomic mass is 10.2. The van der Waals surface area contributed by atoms with Gasteiger partial charge < -0.3 is 9.88 Å². The lowest BCUT2D eigenvalue weighted by Gasteiger charge is -2.05. The van der Waals surface area contributed by atoms with Crippen molar-refractivity contribution in [3.05, 3.63) is 30.3 Å². The Labute approximate surface area is 141 Å². The van der Waals surface area contributed by atoms with Gasteiger partial charge in [0.15, 0.2) is 11.0 Å². The summed E-state index contributed by atoms with van der Waals surface area (Å²) < 4.78 is 1.97. The Morgan fingerprint density at radius 3 is 2.74 bits per heavy atom. The lowest BCUT2D eigenvalue weighted by molar-refractivity contribution is -0.120. The number of hydrogen-bond acceptors (Lipinski definition) is 4. The minimum atomic E-state index is 0.110. The van der Waals surface area contributed by atoms with Gasteiger partial charge >= 0.3 is 0 Å². The molecule has 0 spiro atoms. The van der Waals surface area contributed by atoms with Crippen LogP contribution in [0.1, 0.15) is 32.6 Å². The highest BCUT2D eigenvalue weighted by Crippen LogP contribution is 2.22. The normalized spacial score (nSPS) is 10.7. The van der Waals surface area contributed by atoms with Crippen molar-refractivity contribution in [2.24, 2.45) is 7.05 Å². The van der Waals surface area contributed by atoms with Gasteiger partial charge in [0, 0.05) is 31.3 Å². The van der Waals surface area contributed by atoms with Gasteiger partial charge in [-0.15, -0.1) is 10.2 Å². The molecule has 5 nitrogen and oxygen atoms in total. The molecule has 0 atom stereocenters. The first-order valence-electron chi connectivity index (χ1n) is 8.06. The van der Waals surface area contributed by atoms with Gasteiger partial charge in [0.2, 0.25) is 5.91 Å². The predicted molar refractivity (Wildman–Crippen MR) is 94.3 cm³/mol. The molecule has 23 heavy (non-hydrogen) atoms. The van der Waals surface area contributed by atoms with Crippen LogP contribution in [0.25, 0.3) is 11.4 Å². The molecule has 0 aliphatic rings. The molecule has 124 valence electrons. The van der Waals surface area contributed by atoms with Gasteiger partial charge in [-0.2, -0.15) is 0 Å². The van der Waals surface area contributed by atoms with Crippen molar-refractivity contribution in [1.82, 2.24) is 20.1 Å². The minimum Gasteiger partial charge on any atom is -0.356 e. The van der Waals surface area contributed by atoms with Crippen LogP contribution < -0.4 is 5.32 Å². The number of nitrogens with zero attached hydrogens (tertiary/aromatic N) is 3. The van der Waals surface area contributed by atoms with Crippen LogP contribution in [0.5, 0.6) is 0 Å². The Morgan fingerprint density at radius 2 is 2.00 bits per heavy atom. The van der Waals surface area contributed by atoms with Gasteiger partial charge in [-0.1, -0.05) is 61.9 Å². The van der Waals surface area contributed by atoms with Crippen LogP contribution in [-0.2, 0) is 11.8 Å². The molecule has 1 heterocycles. The van der Waals surface area contributed by atoms with Crippen molar-refractivity contribution in [3.8, 4) is 11.4 Å². The summed E-state index contributed by atoms with van der Waals surface area (Å²) in [6, 6.07) is 9.98. The maximum Gasteiger partial charge on any atom is 0.220 e. The molecule has 1 amide bonds. The van der Waals surface area contributed by atoms with Gasteiger partial charge in [0.1, 0.15) is 0 Å². The highest BCUT2D eigenvalue weighted by atomic mass is 32.2. The molecule has 0 radical (unpaired) electrons. The molecule has 0 unspecified atom stereocenters. The maximum absolute atomic E-state index is 11.7. The van der Waals surface area contributed by atoms with Crippen LogP contribution in [0.3, 0.4) is 0 Å². The number of carbonyl (C=O) groups is 1. The molecular formula is C17H24N4OS. The lowest BCUT2D eigenvalue weighted by Crippen LogP contribution is -2.24. The Balaban J connectivity index is 1.79. The van der Waals surface area contributed by atoms with Crippen LogP contribution in [0, 0.1) is 0 Å². The topological polar surface area (TPSA) is 59.8 Å². The third-order valence-corrected chi connectivity index (χ3v) is 4.55. The second-order valence-corrected chi connectivity index (χ2v) is 6.45. The second kappa shape index (κ2) is 9.35. The smallest absolute Gasteiger partial charge is 0.220 e. The van der Waals surface area contributed by atoms with Gasteiger partial charge in [0.05, 0.1) is 0 Å². The maximum atomic E-state index is 11.7. The van der Waals surface area contributed by atoms with E-state index in [1.165, 1.54) is 6.42 Å². The average molecular weight is 332 g/mol. The Hall–Kier alpha value is -1.82. The van der Waals surface area contributed by atoms with Crippen molar-refractivity contribution in [1.29, 1.82) is 0 Å². The number of aromatic nitrogens is 3. The molecule has 0 saturated heterocycles. The zero-order valence-electron chi connectivity index (χ0n) is 13.8. The first kappa shape index (κ1) is 17.5. The molecule has 1 aromatic heterocycles. The molecule has 0 saturated carbocycles. The summed E-state index contributed by atoms with van der Waals surface area (Å²) in [5.74, 6) is 1.66. The van der Waals surface area contributed by atoms with Crippen molar-refractivity contribution in [3.63, 3.8) is 0 Å². The number of nitrogens with one attached hydrogen (secondary N) is 1. The number of thioether (sulfide) groups is 1. The summed E-state index contributed by atoms with van der Waals surface area (Å²) in [6.45, 7) is 2.93. The van der Waals surface area contributed by atoms with Gasteiger partial charge in [-0.25, -0.2) is 0 Å². The summed E-state index contributed by atoms with van der Waals surface area (Å²) in [4.78, 5) is 11.7. The summed E-state index contributed by atoms with van der Waals surface area (Å²) in [5, 5.41) is 12.3.